The summed E-state index contributed by atoms with van der Waals surface area (Å²) in [5, 5.41) is 6.05. The SMILES string of the molecule is Cc1cccc(NC(=S)Nc2cc(F)cc(F)c2)c1C. The van der Waals surface area contributed by atoms with Crippen LogP contribution >= 0.6 is 12.2 Å². The number of nitrogens with one attached hydrogen (secondary N) is 2. The Labute approximate surface area is 121 Å². The van der Waals surface area contributed by atoms with Crippen molar-refractivity contribution in [1.29, 1.82) is 0 Å². The molecule has 0 aliphatic carbocycles. The van der Waals surface area contributed by atoms with Crippen LogP contribution in [0.1, 0.15) is 11.1 Å². The highest BCUT2D eigenvalue weighted by Crippen LogP contribution is 2.19. The van der Waals surface area contributed by atoms with Crippen LogP contribution in [0.5, 0.6) is 0 Å². The van der Waals surface area contributed by atoms with Crippen molar-refractivity contribution in [3.8, 4) is 0 Å². The molecule has 0 aromatic heterocycles. The first kappa shape index (κ1) is 14.4. The van der Waals surface area contributed by atoms with Crippen molar-refractivity contribution in [2.75, 3.05) is 10.6 Å². The van der Waals surface area contributed by atoms with Gasteiger partial charge in [-0.05, 0) is 55.4 Å². The minimum Gasteiger partial charge on any atom is -0.332 e. The summed E-state index contributed by atoms with van der Waals surface area (Å²) < 4.78 is 26.2. The minimum absolute atomic E-state index is 0.269. The van der Waals surface area contributed by atoms with E-state index in [1.165, 1.54) is 12.1 Å². The van der Waals surface area contributed by atoms with E-state index in [1.807, 2.05) is 32.0 Å². The summed E-state index contributed by atoms with van der Waals surface area (Å²) in [6, 6.07) is 8.98. The fourth-order valence-electron chi connectivity index (χ4n) is 1.80. The lowest BCUT2D eigenvalue weighted by Crippen LogP contribution is -2.20. The Morgan fingerprint density at radius 2 is 1.65 bits per heavy atom. The molecule has 0 radical (unpaired) electrons. The fraction of sp³-hybridized carbons (Fsp3) is 0.133. The van der Waals surface area contributed by atoms with E-state index in [1.54, 1.807) is 0 Å². The van der Waals surface area contributed by atoms with E-state index in [0.29, 0.717) is 0 Å². The summed E-state index contributed by atoms with van der Waals surface area (Å²) in [5.74, 6) is -1.30. The largest absolute Gasteiger partial charge is 0.332 e. The number of aryl methyl sites for hydroxylation is 1. The maximum atomic E-state index is 13.1. The van der Waals surface area contributed by atoms with Crippen molar-refractivity contribution in [2.45, 2.75) is 13.8 Å². The molecule has 0 aliphatic heterocycles. The number of hydrogen-bond donors (Lipinski definition) is 2. The lowest BCUT2D eigenvalue weighted by atomic mass is 10.1. The topological polar surface area (TPSA) is 24.1 Å². The Hall–Kier alpha value is -2.01. The van der Waals surface area contributed by atoms with Gasteiger partial charge in [-0.1, -0.05) is 12.1 Å². The molecule has 0 heterocycles. The van der Waals surface area contributed by atoms with Gasteiger partial charge in [-0.15, -0.1) is 0 Å². The van der Waals surface area contributed by atoms with Crippen molar-refractivity contribution in [3.63, 3.8) is 0 Å². The van der Waals surface area contributed by atoms with Crippen LogP contribution < -0.4 is 10.6 Å². The van der Waals surface area contributed by atoms with E-state index >= 15 is 0 Å². The number of halogens is 2. The van der Waals surface area contributed by atoms with E-state index in [2.05, 4.69) is 10.6 Å². The number of rotatable bonds is 2. The molecular formula is C15H14F2N2S. The van der Waals surface area contributed by atoms with Gasteiger partial charge in [0.2, 0.25) is 0 Å². The van der Waals surface area contributed by atoms with E-state index in [4.69, 9.17) is 12.2 Å². The summed E-state index contributed by atoms with van der Waals surface area (Å²) in [6.45, 7) is 3.97. The molecule has 0 amide bonds. The molecule has 0 aliphatic rings. The van der Waals surface area contributed by atoms with Gasteiger partial charge in [0.05, 0.1) is 0 Å². The summed E-state index contributed by atoms with van der Waals surface area (Å²) in [5.41, 5.74) is 3.33. The van der Waals surface area contributed by atoms with E-state index in [9.17, 15) is 8.78 Å². The Bertz CT molecular complexity index is 636. The second-order valence-corrected chi connectivity index (χ2v) is 4.89. The van der Waals surface area contributed by atoms with Gasteiger partial charge in [0.15, 0.2) is 5.11 Å². The first-order valence-corrected chi connectivity index (χ1v) is 6.47. The van der Waals surface area contributed by atoms with Crippen LogP contribution in [-0.2, 0) is 0 Å². The molecule has 0 saturated heterocycles. The Morgan fingerprint density at radius 1 is 1.00 bits per heavy atom. The highest BCUT2D eigenvalue weighted by molar-refractivity contribution is 7.80. The number of anilines is 2. The van der Waals surface area contributed by atoms with Crippen molar-refractivity contribution in [3.05, 3.63) is 59.2 Å². The van der Waals surface area contributed by atoms with Crippen LogP contribution in [0.3, 0.4) is 0 Å². The molecule has 0 bridgehead atoms. The third-order valence-corrected chi connectivity index (χ3v) is 3.18. The highest BCUT2D eigenvalue weighted by Gasteiger charge is 2.05. The normalized spacial score (nSPS) is 10.2. The van der Waals surface area contributed by atoms with Crippen LogP contribution in [0, 0.1) is 25.5 Å². The van der Waals surface area contributed by atoms with Gasteiger partial charge in [-0.2, -0.15) is 0 Å². The quantitative estimate of drug-likeness (QED) is 0.803. The average molecular weight is 292 g/mol. The molecule has 2 aromatic carbocycles. The molecule has 0 fully saturated rings. The smallest absolute Gasteiger partial charge is 0.175 e. The monoisotopic (exact) mass is 292 g/mol. The predicted octanol–water partition coefficient (Wildman–Crippen LogP) is 4.39. The third-order valence-electron chi connectivity index (χ3n) is 2.97. The molecule has 0 unspecified atom stereocenters. The van der Waals surface area contributed by atoms with Crippen molar-refractivity contribution in [1.82, 2.24) is 0 Å². The van der Waals surface area contributed by atoms with Gasteiger partial charge in [-0.25, -0.2) is 8.78 Å². The highest BCUT2D eigenvalue weighted by atomic mass is 32.1. The summed E-state index contributed by atoms with van der Waals surface area (Å²) in [4.78, 5) is 0. The van der Waals surface area contributed by atoms with Gasteiger partial charge >= 0.3 is 0 Å². The van der Waals surface area contributed by atoms with Crippen LogP contribution in [0.2, 0.25) is 0 Å². The molecule has 0 spiro atoms. The minimum atomic E-state index is -0.651. The zero-order valence-electron chi connectivity index (χ0n) is 11.1. The Kier molecular flexibility index (Phi) is 4.29. The zero-order valence-corrected chi connectivity index (χ0v) is 11.9. The molecular weight excluding hydrogens is 278 g/mol. The van der Waals surface area contributed by atoms with Gasteiger partial charge in [0.1, 0.15) is 11.6 Å². The van der Waals surface area contributed by atoms with Gasteiger partial charge in [0.25, 0.3) is 0 Å². The number of hydrogen-bond acceptors (Lipinski definition) is 1. The average Bonchev–Trinajstić information content (AvgIpc) is 2.33. The molecule has 5 heteroatoms. The maximum absolute atomic E-state index is 13.1. The first-order chi connectivity index (χ1) is 9.45. The lowest BCUT2D eigenvalue weighted by molar-refractivity contribution is 0.584. The molecule has 0 saturated carbocycles. The maximum Gasteiger partial charge on any atom is 0.175 e. The molecule has 2 rings (SSSR count). The Morgan fingerprint density at radius 3 is 2.30 bits per heavy atom. The second-order valence-electron chi connectivity index (χ2n) is 4.48. The van der Waals surface area contributed by atoms with Gasteiger partial charge < -0.3 is 10.6 Å². The molecule has 104 valence electrons. The standard InChI is InChI=1S/C15H14F2N2S/c1-9-4-3-5-14(10(9)2)19-15(20)18-13-7-11(16)6-12(17)8-13/h3-8H,1-2H3,(H2,18,19,20). The van der Waals surface area contributed by atoms with E-state index in [0.717, 1.165) is 22.9 Å². The number of thiocarbonyl (C=S) groups is 1. The summed E-state index contributed by atoms with van der Waals surface area (Å²) >= 11 is 5.14. The van der Waals surface area contributed by atoms with E-state index < -0.39 is 11.6 Å². The van der Waals surface area contributed by atoms with Gasteiger partial charge in [0, 0.05) is 17.4 Å². The third kappa shape index (κ3) is 3.51. The summed E-state index contributed by atoms with van der Waals surface area (Å²) in [6.07, 6.45) is 0. The van der Waals surface area contributed by atoms with E-state index in [-0.39, 0.29) is 10.8 Å². The van der Waals surface area contributed by atoms with Crippen molar-refractivity contribution in [2.24, 2.45) is 0 Å². The molecule has 0 atom stereocenters. The van der Waals surface area contributed by atoms with Crippen molar-refractivity contribution >= 4 is 28.7 Å². The fourth-order valence-corrected chi connectivity index (χ4v) is 2.02. The van der Waals surface area contributed by atoms with Crippen LogP contribution in [0.15, 0.2) is 36.4 Å². The lowest BCUT2D eigenvalue weighted by Gasteiger charge is -2.13. The Balaban J connectivity index is 2.11. The molecule has 2 aromatic rings. The number of benzene rings is 2. The van der Waals surface area contributed by atoms with Crippen LogP contribution in [-0.4, -0.2) is 5.11 Å². The summed E-state index contributed by atoms with van der Waals surface area (Å²) in [7, 11) is 0. The van der Waals surface area contributed by atoms with Crippen LogP contribution in [0.25, 0.3) is 0 Å². The van der Waals surface area contributed by atoms with Crippen LogP contribution in [0.4, 0.5) is 20.2 Å². The predicted molar refractivity (Wildman–Crippen MR) is 82.1 cm³/mol. The zero-order chi connectivity index (χ0) is 14.7. The molecule has 2 nitrogen and oxygen atoms in total. The van der Waals surface area contributed by atoms with Crippen molar-refractivity contribution < 1.29 is 8.78 Å². The second kappa shape index (κ2) is 5.96. The molecule has 2 N–H and O–H groups in total. The first-order valence-electron chi connectivity index (χ1n) is 6.06. The molecule has 20 heavy (non-hydrogen) atoms. The van der Waals surface area contributed by atoms with Gasteiger partial charge in [-0.3, -0.25) is 0 Å².